The maximum absolute atomic E-state index is 11.3. The minimum Gasteiger partial charge on any atom is -0.274 e. The Kier molecular flexibility index (Phi) is 2.85. The van der Waals surface area contributed by atoms with Crippen molar-refractivity contribution in [2.45, 2.75) is 0 Å². The van der Waals surface area contributed by atoms with Crippen molar-refractivity contribution in [3.63, 3.8) is 0 Å². The molecule has 1 N–H and O–H groups in total. The molecule has 0 aromatic carbocycles. The maximum Gasteiger partial charge on any atom is 0.205 e. The first-order valence-corrected chi connectivity index (χ1v) is 1.80. The second-order valence-electron chi connectivity index (χ2n) is 0.943. The summed E-state index contributed by atoms with van der Waals surface area (Å²) in [6.07, 6.45) is 3.80. The SMILES string of the molecule is C=C/C=C\C(=N)F. The van der Waals surface area contributed by atoms with Gasteiger partial charge in [-0.05, 0) is 6.08 Å². The van der Waals surface area contributed by atoms with Gasteiger partial charge in [-0.2, -0.15) is 4.39 Å². The molecule has 0 rings (SSSR count). The van der Waals surface area contributed by atoms with Gasteiger partial charge in [-0.1, -0.05) is 18.7 Å². The highest BCUT2D eigenvalue weighted by atomic mass is 19.1. The third kappa shape index (κ3) is 5.08. The van der Waals surface area contributed by atoms with Crippen LogP contribution >= 0.6 is 0 Å². The molecule has 0 saturated carbocycles. The summed E-state index contributed by atoms with van der Waals surface area (Å²) in [4.78, 5) is 0. The van der Waals surface area contributed by atoms with Crippen LogP contribution in [0.1, 0.15) is 0 Å². The fourth-order valence-electron chi connectivity index (χ4n) is 0.153. The smallest absolute Gasteiger partial charge is 0.205 e. The number of allylic oxidation sites excluding steroid dienone is 3. The van der Waals surface area contributed by atoms with E-state index in [1.165, 1.54) is 12.2 Å². The molecular formula is C5H6FN. The molecule has 2 heteroatoms. The van der Waals surface area contributed by atoms with Crippen LogP contribution in [0.5, 0.6) is 0 Å². The molecule has 0 amide bonds. The number of rotatable bonds is 2. The summed E-state index contributed by atoms with van der Waals surface area (Å²) >= 11 is 0. The highest BCUT2D eigenvalue weighted by molar-refractivity contribution is 5.83. The van der Waals surface area contributed by atoms with Crippen LogP contribution in [0.15, 0.2) is 24.8 Å². The summed E-state index contributed by atoms with van der Waals surface area (Å²) in [5.41, 5.74) is 0. The molecule has 0 aliphatic rings. The van der Waals surface area contributed by atoms with E-state index in [1.54, 1.807) is 0 Å². The molecule has 7 heavy (non-hydrogen) atoms. The standard InChI is InChI=1S/C5H6FN/c1-2-3-4-5(6)7/h2-4,7H,1H2/b4-3-,7-5?. The van der Waals surface area contributed by atoms with Crippen LogP contribution < -0.4 is 0 Å². The zero-order valence-electron chi connectivity index (χ0n) is 3.82. The lowest BCUT2D eigenvalue weighted by molar-refractivity contribution is 0.804. The van der Waals surface area contributed by atoms with Crippen molar-refractivity contribution in [2.24, 2.45) is 0 Å². The second kappa shape index (κ2) is 3.28. The Bertz CT molecular complexity index is 105. The van der Waals surface area contributed by atoms with E-state index in [2.05, 4.69) is 6.58 Å². The molecule has 1 nitrogen and oxygen atoms in total. The molecule has 0 fully saturated rings. The maximum atomic E-state index is 11.3. The molecular weight excluding hydrogens is 93.1 g/mol. The van der Waals surface area contributed by atoms with Crippen molar-refractivity contribution in [1.29, 1.82) is 5.41 Å². The first-order valence-electron chi connectivity index (χ1n) is 1.80. The van der Waals surface area contributed by atoms with Crippen LogP contribution in [0, 0.1) is 5.41 Å². The van der Waals surface area contributed by atoms with Gasteiger partial charge in [0.15, 0.2) is 0 Å². The zero-order valence-corrected chi connectivity index (χ0v) is 3.82. The van der Waals surface area contributed by atoms with Crippen molar-refractivity contribution in [1.82, 2.24) is 0 Å². The second-order valence-corrected chi connectivity index (χ2v) is 0.943. The van der Waals surface area contributed by atoms with E-state index in [1.807, 2.05) is 0 Å². The number of halogens is 1. The molecule has 0 heterocycles. The summed E-state index contributed by atoms with van der Waals surface area (Å²) in [5.74, 6) is -0.945. The predicted octanol–water partition coefficient (Wildman–Crippen LogP) is 1.68. The average molecular weight is 99.1 g/mol. The lowest BCUT2D eigenvalue weighted by atomic mass is 10.5. The van der Waals surface area contributed by atoms with Gasteiger partial charge in [0, 0.05) is 0 Å². The number of hydrogen-bond acceptors (Lipinski definition) is 1. The Labute approximate surface area is 41.7 Å². The largest absolute Gasteiger partial charge is 0.274 e. The Balaban J connectivity index is 3.46. The van der Waals surface area contributed by atoms with Gasteiger partial charge in [0.25, 0.3) is 0 Å². The monoisotopic (exact) mass is 99.0 g/mol. The Morgan fingerprint density at radius 1 is 1.71 bits per heavy atom. The summed E-state index contributed by atoms with van der Waals surface area (Å²) in [6, 6.07) is 0. The van der Waals surface area contributed by atoms with Gasteiger partial charge in [-0.3, -0.25) is 5.41 Å². The van der Waals surface area contributed by atoms with Crippen molar-refractivity contribution in [3.05, 3.63) is 24.8 Å². The van der Waals surface area contributed by atoms with Crippen molar-refractivity contribution < 1.29 is 4.39 Å². The molecule has 0 radical (unpaired) electrons. The molecule has 38 valence electrons. The van der Waals surface area contributed by atoms with E-state index < -0.39 is 5.97 Å². The van der Waals surface area contributed by atoms with E-state index in [0.717, 1.165) is 6.08 Å². The normalized spacial score (nSPS) is 9.29. The molecule has 0 aromatic heterocycles. The molecule has 0 atom stereocenters. The van der Waals surface area contributed by atoms with E-state index in [0.29, 0.717) is 0 Å². The van der Waals surface area contributed by atoms with E-state index in [-0.39, 0.29) is 0 Å². The third-order valence-corrected chi connectivity index (χ3v) is 0.379. The zero-order chi connectivity index (χ0) is 5.70. The first-order chi connectivity index (χ1) is 3.27. The summed E-state index contributed by atoms with van der Waals surface area (Å²) in [7, 11) is 0. The Hall–Kier alpha value is -0.920. The molecule has 0 unspecified atom stereocenters. The van der Waals surface area contributed by atoms with Gasteiger partial charge in [-0.15, -0.1) is 0 Å². The Morgan fingerprint density at radius 3 is 2.43 bits per heavy atom. The lowest BCUT2D eigenvalue weighted by Crippen LogP contribution is -1.71. The van der Waals surface area contributed by atoms with Gasteiger partial charge < -0.3 is 0 Å². The van der Waals surface area contributed by atoms with Gasteiger partial charge >= 0.3 is 0 Å². The molecule has 0 bridgehead atoms. The van der Waals surface area contributed by atoms with Crippen LogP contribution in [0.25, 0.3) is 0 Å². The number of hydrogen-bond donors (Lipinski definition) is 1. The van der Waals surface area contributed by atoms with Crippen molar-refractivity contribution >= 4 is 5.97 Å². The highest BCUT2D eigenvalue weighted by Crippen LogP contribution is 1.76. The van der Waals surface area contributed by atoms with Crippen LogP contribution in [0.4, 0.5) is 4.39 Å². The molecule has 0 aliphatic carbocycles. The highest BCUT2D eigenvalue weighted by Gasteiger charge is 1.74. The van der Waals surface area contributed by atoms with Gasteiger partial charge in [-0.25, -0.2) is 0 Å². The minimum atomic E-state index is -0.945. The topological polar surface area (TPSA) is 23.9 Å². The fraction of sp³-hybridized carbons (Fsp3) is 0. The summed E-state index contributed by atoms with van der Waals surface area (Å²) in [6.45, 7) is 3.28. The van der Waals surface area contributed by atoms with E-state index >= 15 is 0 Å². The lowest BCUT2D eigenvalue weighted by Gasteiger charge is -1.70. The van der Waals surface area contributed by atoms with E-state index in [4.69, 9.17) is 5.41 Å². The van der Waals surface area contributed by atoms with Crippen LogP contribution in [0.3, 0.4) is 0 Å². The molecule has 0 aromatic rings. The van der Waals surface area contributed by atoms with Crippen molar-refractivity contribution in [2.75, 3.05) is 0 Å². The first kappa shape index (κ1) is 6.08. The fourth-order valence-corrected chi connectivity index (χ4v) is 0.153. The van der Waals surface area contributed by atoms with Gasteiger partial charge in [0.1, 0.15) is 0 Å². The third-order valence-electron chi connectivity index (χ3n) is 0.379. The summed E-state index contributed by atoms with van der Waals surface area (Å²) in [5, 5.41) is 6.20. The summed E-state index contributed by atoms with van der Waals surface area (Å²) < 4.78 is 11.3. The molecule has 0 spiro atoms. The molecule has 0 aliphatic heterocycles. The Morgan fingerprint density at radius 2 is 2.29 bits per heavy atom. The minimum absolute atomic E-state index is 0.945. The van der Waals surface area contributed by atoms with Crippen LogP contribution in [-0.4, -0.2) is 5.97 Å². The quantitative estimate of drug-likeness (QED) is 0.402. The van der Waals surface area contributed by atoms with Crippen LogP contribution in [-0.2, 0) is 0 Å². The van der Waals surface area contributed by atoms with Crippen LogP contribution in [0.2, 0.25) is 0 Å². The van der Waals surface area contributed by atoms with Gasteiger partial charge in [0.2, 0.25) is 5.97 Å². The molecule has 0 saturated heterocycles. The van der Waals surface area contributed by atoms with Crippen molar-refractivity contribution in [3.8, 4) is 0 Å². The average Bonchev–Trinajstić information content (AvgIpc) is 1.61. The predicted molar refractivity (Wildman–Crippen MR) is 28.2 cm³/mol. The van der Waals surface area contributed by atoms with Gasteiger partial charge in [0.05, 0.1) is 0 Å². The number of nitrogens with one attached hydrogen (secondary N) is 1. The van der Waals surface area contributed by atoms with E-state index in [9.17, 15) is 4.39 Å².